The highest BCUT2D eigenvalue weighted by molar-refractivity contribution is 6.30. The molecule has 0 saturated carbocycles. The van der Waals surface area contributed by atoms with Crippen molar-refractivity contribution in [3.05, 3.63) is 41.7 Å². The largest absolute Gasteiger partial charge is 0.321 e. The lowest BCUT2D eigenvalue weighted by Crippen LogP contribution is -2.06. The molecule has 1 atom stereocenters. The Morgan fingerprint density at radius 1 is 1.64 bits per heavy atom. The van der Waals surface area contributed by atoms with Crippen molar-refractivity contribution < 1.29 is 0 Å². The van der Waals surface area contributed by atoms with Crippen LogP contribution in [0.2, 0.25) is 5.02 Å². The molecule has 0 aliphatic heterocycles. The van der Waals surface area contributed by atoms with Gasteiger partial charge in [-0.3, -0.25) is 4.98 Å². The summed E-state index contributed by atoms with van der Waals surface area (Å²) in [7, 11) is 0. The Morgan fingerprint density at radius 2 is 2.36 bits per heavy atom. The van der Waals surface area contributed by atoms with Gasteiger partial charge in [0.25, 0.3) is 0 Å². The van der Waals surface area contributed by atoms with Crippen LogP contribution in [0.1, 0.15) is 11.6 Å². The SMILES string of the molecule is C=C[C@@H](N)c1cncc(Cl)c1. The molecule has 0 saturated heterocycles. The van der Waals surface area contributed by atoms with Crippen LogP contribution in [0, 0.1) is 0 Å². The second-order valence-electron chi connectivity index (χ2n) is 2.20. The van der Waals surface area contributed by atoms with E-state index >= 15 is 0 Å². The van der Waals surface area contributed by atoms with Crippen LogP contribution in [0.25, 0.3) is 0 Å². The van der Waals surface area contributed by atoms with Gasteiger partial charge in [0.05, 0.1) is 5.02 Å². The van der Waals surface area contributed by atoms with Gasteiger partial charge in [-0.15, -0.1) is 6.58 Å². The van der Waals surface area contributed by atoms with E-state index in [0.29, 0.717) is 5.02 Å². The van der Waals surface area contributed by atoms with Gasteiger partial charge in [0.2, 0.25) is 0 Å². The lowest BCUT2D eigenvalue weighted by molar-refractivity contribution is 0.904. The summed E-state index contributed by atoms with van der Waals surface area (Å²) in [6.45, 7) is 3.57. The second kappa shape index (κ2) is 3.51. The molecule has 1 aromatic heterocycles. The van der Waals surface area contributed by atoms with Crippen molar-refractivity contribution in [2.45, 2.75) is 6.04 Å². The molecule has 1 rings (SSSR count). The summed E-state index contributed by atoms with van der Waals surface area (Å²) in [5, 5.41) is 0.597. The molecule has 11 heavy (non-hydrogen) atoms. The fourth-order valence-electron chi connectivity index (χ4n) is 0.747. The molecule has 2 nitrogen and oxygen atoms in total. The van der Waals surface area contributed by atoms with E-state index in [1.165, 1.54) is 0 Å². The van der Waals surface area contributed by atoms with E-state index in [4.69, 9.17) is 17.3 Å². The van der Waals surface area contributed by atoms with Crippen molar-refractivity contribution in [3.63, 3.8) is 0 Å². The highest BCUT2D eigenvalue weighted by Gasteiger charge is 2.00. The van der Waals surface area contributed by atoms with Crippen molar-refractivity contribution >= 4 is 11.6 Å². The summed E-state index contributed by atoms with van der Waals surface area (Å²) in [5.41, 5.74) is 6.53. The first-order valence-electron chi connectivity index (χ1n) is 3.22. The first-order valence-corrected chi connectivity index (χ1v) is 3.60. The van der Waals surface area contributed by atoms with Crippen LogP contribution in [-0.2, 0) is 0 Å². The van der Waals surface area contributed by atoms with Gasteiger partial charge >= 0.3 is 0 Å². The molecular formula is C8H9ClN2. The van der Waals surface area contributed by atoms with E-state index in [2.05, 4.69) is 11.6 Å². The fourth-order valence-corrected chi connectivity index (χ4v) is 0.929. The molecule has 0 spiro atoms. The lowest BCUT2D eigenvalue weighted by atomic mass is 10.1. The Kier molecular flexibility index (Phi) is 2.63. The van der Waals surface area contributed by atoms with Gasteiger partial charge in [-0.25, -0.2) is 0 Å². The minimum Gasteiger partial charge on any atom is -0.321 e. The first-order chi connectivity index (χ1) is 5.24. The van der Waals surface area contributed by atoms with E-state index in [0.717, 1.165) is 5.56 Å². The number of rotatable bonds is 2. The van der Waals surface area contributed by atoms with Crippen molar-refractivity contribution in [1.29, 1.82) is 0 Å². The summed E-state index contributed by atoms with van der Waals surface area (Å²) < 4.78 is 0. The average molecular weight is 169 g/mol. The Balaban J connectivity index is 2.95. The molecule has 58 valence electrons. The van der Waals surface area contributed by atoms with Crippen LogP contribution in [0.15, 0.2) is 31.1 Å². The Morgan fingerprint density at radius 3 is 2.91 bits per heavy atom. The number of hydrogen-bond acceptors (Lipinski definition) is 2. The molecule has 0 bridgehead atoms. The van der Waals surface area contributed by atoms with E-state index in [1.54, 1.807) is 24.5 Å². The summed E-state index contributed by atoms with van der Waals surface area (Å²) in [5.74, 6) is 0. The number of pyridine rings is 1. The molecule has 1 aromatic rings. The van der Waals surface area contributed by atoms with Crippen molar-refractivity contribution in [2.75, 3.05) is 0 Å². The van der Waals surface area contributed by atoms with Crippen LogP contribution in [0.4, 0.5) is 0 Å². The average Bonchev–Trinajstić information content (AvgIpc) is 2.03. The topological polar surface area (TPSA) is 38.9 Å². The maximum atomic E-state index is 5.69. The van der Waals surface area contributed by atoms with Crippen LogP contribution in [-0.4, -0.2) is 4.98 Å². The highest BCUT2D eigenvalue weighted by Crippen LogP contribution is 2.14. The van der Waals surface area contributed by atoms with Crippen LogP contribution >= 0.6 is 11.6 Å². The van der Waals surface area contributed by atoms with E-state index < -0.39 is 0 Å². The van der Waals surface area contributed by atoms with E-state index in [1.807, 2.05) is 0 Å². The number of halogens is 1. The summed E-state index contributed by atoms with van der Waals surface area (Å²) in [6.07, 6.45) is 4.90. The predicted octanol–water partition coefficient (Wildman–Crippen LogP) is 1.92. The smallest absolute Gasteiger partial charge is 0.0592 e. The van der Waals surface area contributed by atoms with Crippen LogP contribution < -0.4 is 5.73 Å². The minimum atomic E-state index is -0.179. The van der Waals surface area contributed by atoms with Gasteiger partial charge < -0.3 is 5.73 Å². The summed E-state index contributed by atoms with van der Waals surface area (Å²) in [4.78, 5) is 3.89. The summed E-state index contributed by atoms with van der Waals surface area (Å²) in [6, 6.07) is 1.60. The molecule has 2 N–H and O–H groups in total. The minimum absolute atomic E-state index is 0.179. The monoisotopic (exact) mass is 168 g/mol. The molecular weight excluding hydrogens is 160 g/mol. The number of nitrogens with two attached hydrogens (primary N) is 1. The summed E-state index contributed by atoms with van der Waals surface area (Å²) >= 11 is 5.69. The number of hydrogen-bond donors (Lipinski definition) is 1. The number of aromatic nitrogens is 1. The zero-order valence-corrected chi connectivity index (χ0v) is 6.75. The quantitative estimate of drug-likeness (QED) is 0.686. The van der Waals surface area contributed by atoms with Gasteiger partial charge in [-0.2, -0.15) is 0 Å². The van der Waals surface area contributed by atoms with Crippen LogP contribution in [0.5, 0.6) is 0 Å². The Hall–Kier alpha value is -0.860. The molecule has 1 heterocycles. The predicted molar refractivity (Wildman–Crippen MR) is 46.4 cm³/mol. The van der Waals surface area contributed by atoms with Crippen molar-refractivity contribution in [2.24, 2.45) is 5.73 Å². The third-order valence-electron chi connectivity index (χ3n) is 1.36. The molecule has 0 fully saturated rings. The molecule has 0 unspecified atom stereocenters. The fraction of sp³-hybridized carbons (Fsp3) is 0.125. The van der Waals surface area contributed by atoms with Gasteiger partial charge in [0.15, 0.2) is 0 Å². The maximum Gasteiger partial charge on any atom is 0.0592 e. The van der Waals surface area contributed by atoms with E-state index in [-0.39, 0.29) is 6.04 Å². The normalized spacial score (nSPS) is 12.5. The van der Waals surface area contributed by atoms with Crippen molar-refractivity contribution in [3.8, 4) is 0 Å². The zero-order chi connectivity index (χ0) is 8.27. The Labute approximate surface area is 70.7 Å². The lowest BCUT2D eigenvalue weighted by Gasteiger charge is -2.04. The molecule has 0 amide bonds. The van der Waals surface area contributed by atoms with Gasteiger partial charge in [-0.05, 0) is 11.6 Å². The molecule has 0 radical (unpaired) electrons. The zero-order valence-electron chi connectivity index (χ0n) is 6.00. The standard InChI is InChI=1S/C8H9ClN2/c1-2-8(10)6-3-7(9)5-11-4-6/h2-5,8H,1,10H2/t8-/m1/s1. The third-order valence-corrected chi connectivity index (χ3v) is 1.57. The molecule has 0 aliphatic carbocycles. The van der Waals surface area contributed by atoms with Gasteiger partial charge in [0.1, 0.15) is 0 Å². The van der Waals surface area contributed by atoms with Gasteiger partial charge in [0, 0.05) is 18.4 Å². The molecule has 0 aliphatic rings. The molecule has 0 aromatic carbocycles. The number of nitrogens with zero attached hydrogens (tertiary/aromatic N) is 1. The van der Waals surface area contributed by atoms with Crippen LogP contribution in [0.3, 0.4) is 0 Å². The van der Waals surface area contributed by atoms with Gasteiger partial charge in [-0.1, -0.05) is 17.7 Å². The highest BCUT2D eigenvalue weighted by atomic mass is 35.5. The molecule has 3 heteroatoms. The van der Waals surface area contributed by atoms with E-state index in [9.17, 15) is 0 Å². The maximum absolute atomic E-state index is 5.69. The van der Waals surface area contributed by atoms with Crippen molar-refractivity contribution in [1.82, 2.24) is 4.98 Å². The first kappa shape index (κ1) is 8.24. The third kappa shape index (κ3) is 2.03. The Bertz CT molecular complexity index is 260. The second-order valence-corrected chi connectivity index (χ2v) is 2.63.